The highest BCUT2D eigenvalue weighted by Gasteiger charge is 1.85. The van der Waals surface area contributed by atoms with Gasteiger partial charge < -0.3 is 6.42 Å². The standard InChI is InChI=1S/C8H17/c1-4-6-8(3)7-5-2/h6,8H,4-5,7H2,1-3H3/q-1. The van der Waals surface area contributed by atoms with Crippen molar-refractivity contribution < 1.29 is 0 Å². The summed E-state index contributed by atoms with van der Waals surface area (Å²) in [7, 11) is 0. The Bertz CT molecular complexity index is 33.3. The number of hydrogen-bond acceptors (Lipinski definition) is 0. The maximum atomic E-state index is 2.38. The van der Waals surface area contributed by atoms with Crippen LogP contribution in [0.1, 0.15) is 40.0 Å². The Labute approximate surface area is 53.3 Å². The molecule has 0 amide bonds. The fourth-order valence-corrected chi connectivity index (χ4v) is 0.976. The van der Waals surface area contributed by atoms with Crippen LogP contribution >= 0.6 is 0 Å². The molecule has 0 spiro atoms. The fourth-order valence-electron chi connectivity index (χ4n) is 0.976. The average Bonchev–Trinajstić information content (AvgIpc) is 1.68. The fraction of sp³-hybridized carbons (Fsp3) is 0.875. The monoisotopic (exact) mass is 113 g/mol. The van der Waals surface area contributed by atoms with Crippen LogP contribution < -0.4 is 0 Å². The minimum absolute atomic E-state index is 0.838. The Kier molecular flexibility index (Phi) is 5.14. The summed E-state index contributed by atoms with van der Waals surface area (Å²) in [6, 6.07) is 0. The molecule has 0 saturated heterocycles. The van der Waals surface area contributed by atoms with Gasteiger partial charge in [0.1, 0.15) is 0 Å². The predicted molar refractivity (Wildman–Crippen MR) is 38.7 cm³/mol. The molecule has 0 aromatic rings. The van der Waals surface area contributed by atoms with Crippen molar-refractivity contribution in [2.75, 3.05) is 0 Å². The van der Waals surface area contributed by atoms with Crippen molar-refractivity contribution in [1.82, 2.24) is 0 Å². The second kappa shape index (κ2) is 5.14. The largest absolute Gasteiger partial charge is 0.326 e. The lowest BCUT2D eigenvalue weighted by Gasteiger charge is -2.17. The van der Waals surface area contributed by atoms with Gasteiger partial charge in [0.25, 0.3) is 0 Å². The molecule has 0 radical (unpaired) electrons. The summed E-state index contributed by atoms with van der Waals surface area (Å²) >= 11 is 0. The summed E-state index contributed by atoms with van der Waals surface area (Å²) in [4.78, 5) is 0. The molecule has 0 aliphatic rings. The average molecular weight is 113 g/mol. The van der Waals surface area contributed by atoms with Crippen LogP contribution in [-0.2, 0) is 0 Å². The molecule has 0 bridgehead atoms. The molecule has 0 heterocycles. The molecule has 0 N–H and O–H groups in total. The van der Waals surface area contributed by atoms with Crippen molar-refractivity contribution in [3.63, 3.8) is 0 Å². The molecule has 0 aliphatic heterocycles. The molecule has 0 nitrogen and oxygen atoms in total. The molecular formula is C8H17-. The molecule has 0 rings (SSSR count). The highest BCUT2D eigenvalue weighted by Crippen LogP contribution is 2.09. The lowest BCUT2D eigenvalue weighted by molar-refractivity contribution is 0.579. The number of hydrogen-bond donors (Lipinski definition) is 0. The SMILES string of the molecule is CC[CH-]C(C)CCC. The van der Waals surface area contributed by atoms with Gasteiger partial charge in [-0.25, -0.2) is 0 Å². The highest BCUT2D eigenvalue weighted by molar-refractivity contribution is 4.69. The van der Waals surface area contributed by atoms with Gasteiger partial charge in [0.15, 0.2) is 0 Å². The summed E-state index contributed by atoms with van der Waals surface area (Å²) in [6.45, 7) is 6.72. The molecular weight excluding hydrogens is 96.1 g/mol. The first-order valence-electron chi connectivity index (χ1n) is 3.64. The van der Waals surface area contributed by atoms with E-state index in [1.165, 1.54) is 19.3 Å². The van der Waals surface area contributed by atoms with Crippen LogP contribution in [0.3, 0.4) is 0 Å². The van der Waals surface area contributed by atoms with Crippen LogP contribution in [0.5, 0.6) is 0 Å². The van der Waals surface area contributed by atoms with E-state index >= 15 is 0 Å². The zero-order chi connectivity index (χ0) is 6.41. The van der Waals surface area contributed by atoms with Crippen molar-refractivity contribution in [2.24, 2.45) is 5.92 Å². The van der Waals surface area contributed by atoms with E-state index in [0.29, 0.717) is 0 Å². The first-order valence-corrected chi connectivity index (χ1v) is 3.64. The van der Waals surface area contributed by atoms with Crippen molar-refractivity contribution >= 4 is 0 Å². The quantitative estimate of drug-likeness (QED) is 0.491. The van der Waals surface area contributed by atoms with Crippen molar-refractivity contribution in [2.45, 2.75) is 40.0 Å². The molecule has 8 heavy (non-hydrogen) atoms. The van der Waals surface area contributed by atoms with Gasteiger partial charge in [-0.1, -0.05) is 33.6 Å². The second-order valence-electron chi connectivity index (χ2n) is 2.41. The molecule has 0 aliphatic carbocycles. The third kappa shape index (κ3) is 4.17. The Hall–Kier alpha value is 0. The van der Waals surface area contributed by atoms with Gasteiger partial charge in [-0.05, 0) is 0 Å². The molecule has 1 atom stereocenters. The highest BCUT2D eigenvalue weighted by atomic mass is 14.0. The zero-order valence-electron chi connectivity index (χ0n) is 6.28. The summed E-state index contributed by atoms with van der Waals surface area (Å²) in [5.41, 5.74) is 0. The van der Waals surface area contributed by atoms with Crippen molar-refractivity contribution in [1.29, 1.82) is 0 Å². The lowest BCUT2D eigenvalue weighted by atomic mass is 10.0. The second-order valence-corrected chi connectivity index (χ2v) is 2.41. The summed E-state index contributed by atoms with van der Waals surface area (Å²) in [5, 5.41) is 0. The smallest absolute Gasteiger partial charge is 0.0584 e. The first kappa shape index (κ1) is 8.00. The van der Waals surface area contributed by atoms with E-state index in [1.807, 2.05) is 0 Å². The van der Waals surface area contributed by atoms with E-state index in [2.05, 4.69) is 27.2 Å². The van der Waals surface area contributed by atoms with E-state index in [0.717, 1.165) is 5.92 Å². The van der Waals surface area contributed by atoms with E-state index < -0.39 is 0 Å². The Morgan fingerprint density at radius 3 is 2.38 bits per heavy atom. The molecule has 50 valence electrons. The summed E-state index contributed by atoms with van der Waals surface area (Å²) in [5.74, 6) is 0.838. The zero-order valence-corrected chi connectivity index (χ0v) is 6.28. The molecule has 0 saturated carbocycles. The van der Waals surface area contributed by atoms with Gasteiger partial charge in [0.05, 0.1) is 0 Å². The van der Waals surface area contributed by atoms with E-state index in [9.17, 15) is 0 Å². The van der Waals surface area contributed by atoms with Gasteiger partial charge in [-0.2, -0.15) is 12.3 Å². The molecule has 0 aromatic carbocycles. The van der Waals surface area contributed by atoms with Crippen LogP contribution in [0, 0.1) is 12.3 Å². The van der Waals surface area contributed by atoms with Gasteiger partial charge in [0, 0.05) is 0 Å². The molecule has 1 unspecified atom stereocenters. The maximum absolute atomic E-state index is 2.38. The van der Waals surface area contributed by atoms with Gasteiger partial charge in [0.2, 0.25) is 0 Å². The minimum Gasteiger partial charge on any atom is -0.326 e. The third-order valence-electron chi connectivity index (χ3n) is 1.38. The van der Waals surface area contributed by atoms with Gasteiger partial charge in [-0.15, -0.1) is 0 Å². The Morgan fingerprint density at radius 2 is 2.00 bits per heavy atom. The Balaban J connectivity index is 2.92. The van der Waals surface area contributed by atoms with Crippen LogP contribution in [0.15, 0.2) is 0 Å². The van der Waals surface area contributed by atoms with Crippen LogP contribution in [-0.4, -0.2) is 0 Å². The topological polar surface area (TPSA) is 0 Å². The first-order chi connectivity index (χ1) is 3.81. The van der Waals surface area contributed by atoms with Crippen LogP contribution in [0.25, 0.3) is 0 Å². The summed E-state index contributed by atoms with van der Waals surface area (Å²) in [6.07, 6.45) is 6.27. The lowest BCUT2D eigenvalue weighted by Crippen LogP contribution is -1.92. The van der Waals surface area contributed by atoms with Crippen molar-refractivity contribution in [3.8, 4) is 0 Å². The van der Waals surface area contributed by atoms with Gasteiger partial charge in [-0.3, -0.25) is 0 Å². The van der Waals surface area contributed by atoms with Gasteiger partial charge >= 0.3 is 0 Å². The third-order valence-corrected chi connectivity index (χ3v) is 1.38. The maximum Gasteiger partial charge on any atom is -0.0584 e. The summed E-state index contributed by atoms with van der Waals surface area (Å²) < 4.78 is 0. The molecule has 0 fully saturated rings. The number of rotatable bonds is 4. The molecule has 0 aromatic heterocycles. The van der Waals surface area contributed by atoms with Crippen LogP contribution in [0.2, 0.25) is 0 Å². The molecule has 0 heteroatoms. The van der Waals surface area contributed by atoms with E-state index in [-0.39, 0.29) is 0 Å². The van der Waals surface area contributed by atoms with Crippen LogP contribution in [0.4, 0.5) is 0 Å². The van der Waals surface area contributed by atoms with E-state index in [4.69, 9.17) is 0 Å². The van der Waals surface area contributed by atoms with E-state index in [1.54, 1.807) is 0 Å². The minimum atomic E-state index is 0.838. The van der Waals surface area contributed by atoms with Crippen molar-refractivity contribution in [3.05, 3.63) is 6.42 Å². The predicted octanol–water partition coefficient (Wildman–Crippen LogP) is 3.04. The normalized spacial score (nSPS) is 13.9. The Morgan fingerprint density at radius 1 is 1.38 bits per heavy atom.